The van der Waals surface area contributed by atoms with Crippen LogP contribution in [-0.4, -0.2) is 48.5 Å². The summed E-state index contributed by atoms with van der Waals surface area (Å²) in [6.45, 7) is 5.36. The number of nitrogens with zero attached hydrogens (tertiary/aromatic N) is 2. The molecule has 2 aliphatic rings. The summed E-state index contributed by atoms with van der Waals surface area (Å²) >= 11 is 1.80. The van der Waals surface area contributed by atoms with Crippen molar-refractivity contribution in [3.8, 4) is 0 Å². The first-order chi connectivity index (χ1) is 13.2. The highest BCUT2D eigenvalue weighted by molar-refractivity contribution is 7.10. The number of carbonyl (C=O) groups excluding carboxylic acids is 1. The smallest absolute Gasteiger partial charge is 0.237 e. The van der Waals surface area contributed by atoms with Crippen LogP contribution in [0.2, 0.25) is 0 Å². The molecule has 0 saturated carbocycles. The number of thiophene rings is 1. The van der Waals surface area contributed by atoms with Crippen LogP contribution >= 0.6 is 11.3 Å². The van der Waals surface area contributed by atoms with Crippen LogP contribution in [0.15, 0.2) is 35.7 Å². The van der Waals surface area contributed by atoms with Crippen molar-refractivity contribution in [2.75, 3.05) is 32.8 Å². The maximum Gasteiger partial charge on any atom is 0.237 e. The lowest BCUT2D eigenvalue weighted by Gasteiger charge is -2.38. The molecule has 2 aromatic rings. The highest BCUT2D eigenvalue weighted by Gasteiger charge is 2.32. The Hall–Kier alpha value is -1.76. The molecule has 2 unspecified atom stereocenters. The molecular formula is C21H25FN2O2S. The van der Waals surface area contributed by atoms with Gasteiger partial charge < -0.3 is 9.64 Å². The van der Waals surface area contributed by atoms with Crippen molar-refractivity contribution < 1.29 is 13.9 Å². The largest absolute Gasteiger partial charge is 0.371 e. The monoisotopic (exact) mass is 388 g/mol. The SMILES string of the molecule is CCC1c2ccsc2CCN1C(=O)CN1CCOC(c2ccc(F)cc2)C1. The molecule has 27 heavy (non-hydrogen) atoms. The molecule has 0 spiro atoms. The zero-order valence-electron chi connectivity index (χ0n) is 15.6. The van der Waals surface area contributed by atoms with Crippen molar-refractivity contribution in [1.82, 2.24) is 9.80 Å². The average molecular weight is 389 g/mol. The number of hydrogen-bond acceptors (Lipinski definition) is 4. The molecule has 2 atom stereocenters. The third kappa shape index (κ3) is 3.93. The predicted molar refractivity (Wildman–Crippen MR) is 104 cm³/mol. The van der Waals surface area contributed by atoms with Crippen molar-refractivity contribution in [3.05, 3.63) is 57.5 Å². The van der Waals surface area contributed by atoms with Crippen molar-refractivity contribution in [3.63, 3.8) is 0 Å². The van der Waals surface area contributed by atoms with Gasteiger partial charge in [-0.2, -0.15) is 0 Å². The fourth-order valence-corrected chi connectivity index (χ4v) is 5.07. The molecular weight excluding hydrogens is 363 g/mol. The first-order valence-corrected chi connectivity index (χ1v) is 10.5. The number of rotatable bonds is 4. The summed E-state index contributed by atoms with van der Waals surface area (Å²) < 4.78 is 19.0. The van der Waals surface area contributed by atoms with E-state index >= 15 is 0 Å². The fourth-order valence-electron chi connectivity index (χ4n) is 4.14. The number of halogens is 1. The van der Waals surface area contributed by atoms with Gasteiger partial charge in [0.1, 0.15) is 5.82 Å². The minimum Gasteiger partial charge on any atom is -0.371 e. The summed E-state index contributed by atoms with van der Waals surface area (Å²) in [6, 6.07) is 8.82. The van der Waals surface area contributed by atoms with Crippen LogP contribution in [0.4, 0.5) is 4.39 Å². The van der Waals surface area contributed by atoms with Gasteiger partial charge in [0, 0.05) is 24.5 Å². The molecule has 6 heteroatoms. The van der Waals surface area contributed by atoms with Gasteiger partial charge in [-0.05, 0) is 47.5 Å². The first-order valence-electron chi connectivity index (χ1n) is 9.61. The molecule has 0 N–H and O–H groups in total. The van der Waals surface area contributed by atoms with Crippen LogP contribution < -0.4 is 0 Å². The topological polar surface area (TPSA) is 32.8 Å². The Kier molecular flexibility index (Phi) is 5.57. The van der Waals surface area contributed by atoms with Crippen LogP contribution in [0.1, 0.15) is 41.5 Å². The predicted octanol–water partition coefficient (Wildman–Crippen LogP) is 3.80. The van der Waals surface area contributed by atoms with Gasteiger partial charge in [-0.15, -0.1) is 11.3 Å². The van der Waals surface area contributed by atoms with Crippen LogP contribution in [0, 0.1) is 5.82 Å². The second kappa shape index (κ2) is 8.09. The minimum atomic E-state index is -0.245. The lowest BCUT2D eigenvalue weighted by Crippen LogP contribution is -2.48. The van der Waals surface area contributed by atoms with Gasteiger partial charge in [-0.3, -0.25) is 9.69 Å². The fraction of sp³-hybridized carbons (Fsp3) is 0.476. The first kappa shape index (κ1) is 18.6. The van der Waals surface area contributed by atoms with Crippen LogP contribution in [0.3, 0.4) is 0 Å². The summed E-state index contributed by atoms with van der Waals surface area (Å²) in [5.74, 6) is -0.0523. The van der Waals surface area contributed by atoms with Gasteiger partial charge in [-0.25, -0.2) is 4.39 Å². The lowest BCUT2D eigenvalue weighted by molar-refractivity contribution is -0.137. The molecule has 3 heterocycles. The number of ether oxygens (including phenoxy) is 1. The van der Waals surface area contributed by atoms with E-state index in [1.807, 2.05) is 0 Å². The molecule has 1 fully saturated rings. The molecule has 4 nitrogen and oxygen atoms in total. The number of amides is 1. The Morgan fingerprint density at radius 1 is 1.26 bits per heavy atom. The Balaban J connectivity index is 1.41. The van der Waals surface area contributed by atoms with E-state index in [0.29, 0.717) is 19.7 Å². The zero-order chi connectivity index (χ0) is 18.8. The molecule has 1 aromatic heterocycles. The van der Waals surface area contributed by atoms with E-state index in [9.17, 15) is 9.18 Å². The number of morpholine rings is 1. The summed E-state index contributed by atoms with van der Waals surface area (Å²) in [5.41, 5.74) is 2.29. The van der Waals surface area contributed by atoms with E-state index in [0.717, 1.165) is 31.5 Å². The molecule has 2 aliphatic heterocycles. The minimum absolute atomic E-state index is 0.112. The Bertz CT molecular complexity index is 792. The molecule has 1 aromatic carbocycles. The van der Waals surface area contributed by atoms with E-state index < -0.39 is 0 Å². The molecule has 0 aliphatic carbocycles. The molecule has 0 bridgehead atoms. The number of hydrogen-bond donors (Lipinski definition) is 0. The number of fused-ring (bicyclic) bond motifs is 1. The molecule has 0 radical (unpaired) electrons. The van der Waals surface area contributed by atoms with E-state index in [4.69, 9.17) is 4.74 Å². The second-order valence-electron chi connectivity index (χ2n) is 7.21. The van der Waals surface area contributed by atoms with Gasteiger partial charge >= 0.3 is 0 Å². The van der Waals surface area contributed by atoms with Crippen LogP contribution in [0.25, 0.3) is 0 Å². The van der Waals surface area contributed by atoms with Crippen molar-refractivity contribution in [2.45, 2.75) is 31.9 Å². The van der Waals surface area contributed by atoms with E-state index in [2.05, 4.69) is 28.2 Å². The van der Waals surface area contributed by atoms with Gasteiger partial charge in [0.05, 0.1) is 25.3 Å². The second-order valence-corrected chi connectivity index (χ2v) is 8.21. The molecule has 144 valence electrons. The molecule has 4 rings (SSSR count). The van der Waals surface area contributed by atoms with Crippen molar-refractivity contribution in [1.29, 1.82) is 0 Å². The quantitative estimate of drug-likeness (QED) is 0.799. The summed E-state index contributed by atoms with van der Waals surface area (Å²) in [6.07, 6.45) is 1.78. The van der Waals surface area contributed by atoms with E-state index in [-0.39, 0.29) is 23.9 Å². The van der Waals surface area contributed by atoms with Crippen molar-refractivity contribution >= 4 is 17.2 Å². The number of carbonyl (C=O) groups is 1. The summed E-state index contributed by atoms with van der Waals surface area (Å²) in [5, 5.41) is 2.14. The van der Waals surface area contributed by atoms with Crippen LogP contribution in [0.5, 0.6) is 0 Å². The Morgan fingerprint density at radius 2 is 2.07 bits per heavy atom. The summed E-state index contributed by atoms with van der Waals surface area (Å²) in [7, 11) is 0. The van der Waals surface area contributed by atoms with Gasteiger partial charge in [-0.1, -0.05) is 19.1 Å². The third-order valence-electron chi connectivity index (χ3n) is 5.55. The molecule has 1 amide bonds. The van der Waals surface area contributed by atoms with Crippen LogP contribution in [-0.2, 0) is 16.0 Å². The van der Waals surface area contributed by atoms with Gasteiger partial charge in [0.2, 0.25) is 5.91 Å². The van der Waals surface area contributed by atoms with Gasteiger partial charge in [0.25, 0.3) is 0 Å². The third-order valence-corrected chi connectivity index (χ3v) is 6.55. The number of benzene rings is 1. The Morgan fingerprint density at radius 3 is 2.85 bits per heavy atom. The van der Waals surface area contributed by atoms with E-state index in [1.165, 1.54) is 22.6 Å². The normalized spacial score (nSPS) is 23.3. The van der Waals surface area contributed by atoms with E-state index in [1.54, 1.807) is 23.5 Å². The Labute approximate surface area is 163 Å². The van der Waals surface area contributed by atoms with Gasteiger partial charge in [0.15, 0.2) is 0 Å². The average Bonchev–Trinajstić information content (AvgIpc) is 3.16. The zero-order valence-corrected chi connectivity index (χ0v) is 16.4. The summed E-state index contributed by atoms with van der Waals surface area (Å²) in [4.78, 5) is 18.7. The highest BCUT2D eigenvalue weighted by Crippen LogP contribution is 2.35. The maximum atomic E-state index is 13.2. The van der Waals surface area contributed by atoms with Crippen molar-refractivity contribution in [2.24, 2.45) is 0 Å². The molecule has 1 saturated heterocycles. The maximum absolute atomic E-state index is 13.2. The lowest BCUT2D eigenvalue weighted by atomic mass is 9.97. The standard InChI is InChI=1S/C21H25FN2O2S/c1-2-18-17-8-12-27-20(17)7-9-24(18)21(25)14-23-10-11-26-19(13-23)15-3-5-16(22)6-4-15/h3-6,8,12,18-19H,2,7,9-11,13-14H2,1H3. The highest BCUT2D eigenvalue weighted by atomic mass is 32.1.